The molecule has 0 saturated carbocycles. The minimum atomic E-state index is 0. The summed E-state index contributed by atoms with van der Waals surface area (Å²) in [6.45, 7) is 11.2. The molecule has 1 atom stereocenters. The van der Waals surface area contributed by atoms with E-state index >= 15 is 0 Å². The van der Waals surface area contributed by atoms with Crippen LogP contribution in [0.1, 0.15) is 23.6 Å². The lowest BCUT2D eigenvalue weighted by molar-refractivity contribution is 0.165. The van der Waals surface area contributed by atoms with Crippen molar-refractivity contribution in [3.8, 4) is 0 Å². The smallest absolute Gasteiger partial charge is 0.0240 e. The number of hydrogen-bond acceptors (Lipinski definition) is 2. The van der Waals surface area contributed by atoms with Crippen molar-refractivity contribution in [2.75, 3.05) is 19.6 Å². The summed E-state index contributed by atoms with van der Waals surface area (Å²) in [5, 5.41) is 3.43. The molecule has 1 heterocycles. The van der Waals surface area contributed by atoms with E-state index < -0.39 is 0 Å². The Morgan fingerprint density at radius 2 is 2.12 bits per heavy atom. The molecule has 0 radical (unpaired) electrons. The van der Waals surface area contributed by atoms with Gasteiger partial charge in [-0.1, -0.05) is 23.8 Å². The zero-order chi connectivity index (χ0) is 11.5. The molecule has 3 heteroatoms. The number of benzene rings is 1. The van der Waals surface area contributed by atoms with E-state index in [0.717, 1.165) is 26.2 Å². The van der Waals surface area contributed by atoms with Crippen LogP contribution in [0, 0.1) is 13.8 Å². The topological polar surface area (TPSA) is 15.3 Å². The van der Waals surface area contributed by atoms with Gasteiger partial charge in [0.05, 0.1) is 0 Å². The molecule has 1 N–H and O–H groups in total. The summed E-state index contributed by atoms with van der Waals surface area (Å²) in [4.78, 5) is 2.57. The van der Waals surface area contributed by atoms with Crippen LogP contribution in [0.25, 0.3) is 0 Å². The summed E-state index contributed by atoms with van der Waals surface area (Å²) in [5.74, 6) is 0. The first-order valence-electron chi connectivity index (χ1n) is 6.17. The van der Waals surface area contributed by atoms with Gasteiger partial charge in [-0.2, -0.15) is 0 Å². The minimum absolute atomic E-state index is 0. The molecule has 0 amide bonds. The van der Waals surface area contributed by atoms with Gasteiger partial charge in [0.1, 0.15) is 0 Å². The van der Waals surface area contributed by atoms with Gasteiger partial charge in [0.2, 0.25) is 0 Å². The zero-order valence-electron chi connectivity index (χ0n) is 11.0. The summed E-state index contributed by atoms with van der Waals surface area (Å²) in [5.41, 5.74) is 4.26. The van der Waals surface area contributed by atoms with Gasteiger partial charge in [0, 0.05) is 32.2 Å². The van der Waals surface area contributed by atoms with Crippen LogP contribution in [0.3, 0.4) is 0 Å². The van der Waals surface area contributed by atoms with Gasteiger partial charge in [0.15, 0.2) is 0 Å². The van der Waals surface area contributed by atoms with Gasteiger partial charge >= 0.3 is 0 Å². The Morgan fingerprint density at radius 3 is 2.82 bits per heavy atom. The third kappa shape index (κ3) is 3.70. The van der Waals surface area contributed by atoms with Gasteiger partial charge in [-0.25, -0.2) is 0 Å². The molecular formula is C14H23ClN2. The standard InChI is InChI=1S/C14H22N2.ClH/c1-11-4-5-12(2)14(8-11)10-16-7-6-15-9-13(16)3;/h4-5,8,13,15H,6-7,9-10H2,1-3H3;1H/t13-;/m0./s1. The van der Waals surface area contributed by atoms with Gasteiger partial charge in [-0.15, -0.1) is 12.4 Å². The van der Waals surface area contributed by atoms with Gasteiger partial charge in [0.25, 0.3) is 0 Å². The van der Waals surface area contributed by atoms with E-state index in [1.54, 1.807) is 0 Å². The molecule has 0 aromatic heterocycles. The van der Waals surface area contributed by atoms with E-state index in [4.69, 9.17) is 0 Å². The quantitative estimate of drug-likeness (QED) is 0.873. The fraction of sp³-hybridized carbons (Fsp3) is 0.571. The van der Waals surface area contributed by atoms with E-state index in [9.17, 15) is 0 Å². The van der Waals surface area contributed by atoms with Crippen LogP contribution in [0.15, 0.2) is 18.2 Å². The third-order valence-electron chi connectivity index (χ3n) is 3.52. The molecule has 0 bridgehead atoms. The van der Waals surface area contributed by atoms with Crippen molar-refractivity contribution in [1.29, 1.82) is 0 Å². The molecule has 17 heavy (non-hydrogen) atoms. The van der Waals surface area contributed by atoms with Crippen LogP contribution < -0.4 is 5.32 Å². The summed E-state index contributed by atoms with van der Waals surface area (Å²) >= 11 is 0. The molecule has 96 valence electrons. The molecule has 1 aliphatic rings. The summed E-state index contributed by atoms with van der Waals surface area (Å²) in [6.07, 6.45) is 0. The second-order valence-electron chi connectivity index (χ2n) is 4.95. The Morgan fingerprint density at radius 1 is 1.35 bits per heavy atom. The molecule has 1 saturated heterocycles. The number of piperazine rings is 1. The SMILES string of the molecule is Cc1ccc(C)c(CN2CCNC[C@@H]2C)c1.Cl. The molecular weight excluding hydrogens is 232 g/mol. The second kappa shape index (κ2) is 6.39. The molecule has 1 aromatic carbocycles. The maximum absolute atomic E-state index is 3.43. The van der Waals surface area contributed by atoms with Gasteiger partial charge < -0.3 is 5.32 Å². The number of nitrogens with zero attached hydrogens (tertiary/aromatic N) is 1. The highest BCUT2D eigenvalue weighted by Gasteiger charge is 2.18. The predicted molar refractivity (Wildman–Crippen MR) is 75.9 cm³/mol. The van der Waals surface area contributed by atoms with Crippen molar-refractivity contribution < 1.29 is 0 Å². The van der Waals surface area contributed by atoms with Crippen LogP contribution in [-0.2, 0) is 6.54 Å². The largest absolute Gasteiger partial charge is 0.314 e. The highest BCUT2D eigenvalue weighted by molar-refractivity contribution is 5.85. The fourth-order valence-electron chi connectivity index (χ4n) is 2.31. The lowest BCUT2D eigenvalue weighted by atomic mass is 10.0. The number of halogens is 1. The lowest BCUT2D eigenvalue weighted by Gasteiger charge is -2.34. The first-order valence-corrected chi connectivity index (χ1v) is 6.17. The van der Waals surface area contributed by atoms with E-state index in [1.165, 1.54) is 16.7 Å². The van der Waals surface area contributed by atoms with E-state index in [-0.39, 0.29) is 12.4 Å². The lowest BCUT2D eigenvalue weighted by Crippen LogP contribution is -2.49. The molecule has 0 aliphatic carbocycles. The summed E-state index contributed by atoms with van der Waals surface area (Å²) < 4.78 is 0. The maximum Gasteiger partial charge on any atom is 0.0240 e. The summed E-state index contributed by atoms with van der Waals surface area (Å²) in [7, 11) is 0. The van der Waals surface area contributed by atoms with Crippen molar-refractivity contribution in [3.63, 3.8) is 0 Å². The second-order valence-corrected chi connectivity index (χ2v) is 4.95. The first-order chi connectivity index (χ1) is 7.66. The van der Waals surface area contributed by atoms with Crippen molar-refractivity contribution in [3.05, 3.63) is 34.9 Å². The Labute approximate surface area is 111 Å². The Bertz CT molecular complexity index is 365. The van der Waals surface area contributed by atoms with Gasteiger partial charge in [-0.05, 0) is 31.9 Å². The normalized spacial score (nSPS) is 21.0. The molecule has 2 rings (SSSR count). The van der Waals surface area contributed by atoms with Crippen LogP contribution in [0.4, 0.5) is 0 Å². The van der Waals surface area contributed by atoms with Crippen LogP contribution in [-0.4, -0.2) is 30.6 Å². The van der Waals surface area contributed by atoms with Crippen molar-refractivity contribution in [2.45, 2.75) is 33.4 Å². The highest BCUT2D eigenvalue weighted by atomic mass is 35.5. The van der Waals surface area contributed by atoms with Crippen molar-refractivity contribution >= 4 is 12.4 Å². The molecule has 2 nitrogen and oxygen atoms in total. The highest BCUT2D eigenvalue weighted by Crippen LogP contribution is 2.15. The maximum atomic E-state index is 3.43. The van der Waals surface area contributed by atoms with E-state index in [2.05, 4.69) is 49.2 Å². The fourth-order valence-corrected chi connectivity index (χ4v) is 2.31. The molecule has 1 aliphatic heterocycles. The van der Waals surface area contributed by atoms with E-state index in [0.29, 0.717) is 6.04 Å². The Hall–Kier alpha value is -0.570. The third-order valence-corrected chi connectivity index (χ3v) is 3.52. The average molecular weight is 255 g/mol. The predicted octanol–water partition coefficient (Wildman–Crippen LogP) is 2.52. The minimum Gasteiger partial charge on any atom is -0.314 e. The van der Waals surface area contributed by atoms with E-state index in [1.807, 2.05) is 0 Å². The number of hydrogen-bond donors (Lipinski definition) is 1. The summed E-state index contributed by atoms with van der Waals surface area (Å²) in [6, 6.07) is 7.40. The van der Waals surface area contributed by atoms with Crippen molar-refractivity contribution in [2.24, 2.45) is 0 Å². The molecule has 1 aromatic rings. The number of rotatable bonds is 2. The van der Waals surface area contributed by atoms with Crippen molar-refractivity contribution in [1.82, 2.24) is 10.2 Å². The molecule has 0 unspecified atom stereocenters. The first kappa shape index (κ1) is 14.5. The van der Waals surface area contributed by atoms with Crippen LogP contribution in [0.5, 0.6) is 0 Å². The zero-order valence-corrected chi connectivity index (χ0v) is 11.8. The number of nitrogens with one attached hydrogen (secondary N) is 1. The molecule has 0 spiro atoms. The molecule has 1 fully saturated rings. The van der Waals surface area contributed by atoms with Crippen LogP contribution in [0.2, 0.25) is 0 Å². The Kier molecular flexibility index (Phi) is 5.44. The average Bonchev–Trinajstić information content (AvgIpc) is 2.27. The Balaban J connectivity index is 0.00000144. The van der Waals surface area contributed by atoms with Crippen LogP contribution >= 0.6 is 12.4 Å². The monoisotopic (exact) mass is 254 g/mol. The van der Waals surface area contributed by atoms with Gasteiger partial charge in [-0.3, -0.25) is 4.90 Å². The number of aryl methyl sites for hydroxylation is 2.